The van der Waals surface area contributed by atoms with Crippen molar-refractivity contribution in [2.75, 3.05) is 138 Å². The lowest BCUT2D eigenvalue weighted by atomic mass is 9.96. The molecule has 0 radical (unpaired) electrons. The largest absolute Gasteiger partial charge is 0.396 e. The van der Waals surface area contributed by atoms with Crippen molar-refractivity contribution >= 4 is 81.7 Å². The molecule has 0 aliphatic rings. The zero-order chi connectivity index (χ0) is 96.5. The summed E-state index contributed by atoms with van der Waals surface area (Å²) in [4.78, 5) is 142. The van der Waals surface area contributed by atoms with Crippen molar-refractivity contribution in [3.8, 4) is 0 Å². The first kappa shape index (κ1) is 117. The molecule has 34 heteroatoms. The SMILES string of the molecule is NCCCC(=O)c1cc(C(=O)CCCN)cc(C(=O)NCCN)c1.NCCCC(=O)c1cccc(C(=O)NCCN)c1.NCCNC(=O)c1ccccc1.O=C(CCCO)c1cc(C(=O)CCCO)cc(C(=O)NCCO)c1.O=C(CCCO)c1cccc(C(=O)NCCO)c1.O=C(NCCO)c1ccccc1.OCCCCc1cc(CCCCO)c(Cl)c(CCCCO)c1. The van der Waals surface area contributed by atoms with Gasteiger partial charge in [0.05, 0.1) is 19.8 Å². The first-order valence-electron chi connectivity index (χ1n) is 43.8. The van der Waals surface area contributed by atoms with Crippen LogP contribution in [-0.4, -0.2) is 254 Å². The molecule has 0 spiro atoms. The number of Topliss-reactive ketones (excluding diaryl/α,β-unsaturated/α-hetero) is 6. The summed E-state index contributed by atoms with van der Waals surface area (Å²) in [6, 6.07) is 44.2. The fourth-order valence-electron chi connectivity index (χ4n) is 11.7. The molecular formula is C96H137ClN12O21. The molecule has 33 nitrogen and oxygen atoms in total. The quantitative estimate of drug-likeness (QED) is 0.0171. The molecule has 0 aliphatic heterocycles. The Bertz CT molecular complexity index is 3940. The minimum atomic E-state index is -0.489. The van der Waals surface area contributed by atoms with Gasteiger partial charge in [-0.15, -0.1) is 0 Å². The molecule has 6 amide bonds. The second kappa shape index (κ2) is 74.8. The highest BCUT2D eigenvalue weighted by molar-refractivity contribution is 6.32. The monoisotopic (exact) mass is 1830 g/mol. The Balaban J connectivity index is 0.000000768. The number of hydrogen-bond donors (Lipinski definition) is 21. The Hall–Kier alpha value is -10.9. The van der Waals surface area contributed by atoms with Gasteiger partial charge in [-0.25, -0.2) is 0 Å². The summed E-state index contributed by atoms with van der Waals surface area (Å²) < 4.78 is 0. The minimum absolute atomic E-state index is 0.00826. The first-order valence-corrected chi connectivity index (χ1v) is 44.2. The van der Waals surface area contributed by atoms with Crippen LogP contribution in [0.2, 0.25) is 5.02 Å². The second-order valence-electron chi connectivity index (χ2n) is 29.0. The number of aliphatic hydroxyl groups is 9. The molecule has 0 saturated heterocycles. The van der Waals surface area contributed by atoms with Crippen molar-refractivity contribution in [2.45, 2.75) is 135 Å². The van der Waals surface area contributed by atoms with Crippen LogP contribution in [0.15, 0.2) is 158 Å². The summed E-state index contributed by atoms with van der Waals surface area (Å²) in [5.74, 6) is -2.49. The molecule has 7 rings (SSSR count). The van der Waals surface area contributed by atoms with Gasteiger partial charge in [0.25, 0.3) is 35.4 Å². The third-order valence-electron chi connectivity index (χ3n) is 18.5. The van der Waals surface area contributed by atoms with Crippen molar-refractivity contribution in [3.63, 3.8) is 0 Å². The van der Waals surface area contributed by atoms with Gasteiger partial charge in [-0.3, -0.25) is 57.5 Å². The fourth-order valence-corrected chi connectivity index (χ4v) is 12.0. The molecule has 0 saturated carbocycles. The number of carbonyl (C=O) groups is 12. The van der Waals surface area contributed by atoms with Crippen molar-refractivity contribution in [1.29, 1.82) is 0 Å². The van der Waals surface area contributed by atoms with Crippen molar-refractivity contribution in [2.24, 2.45) is 34.4 Å². The van der Waals surface area contributed by atoms with Gasteiger partial charge < -0.3 is 112 Å². The maximum atomic E-state index is 12.2. The van der Waals surface area contributed by atoms with E-state index in [0.717, 1.165) is 73.9 Å². The Morgan fingerprint density at radius 3 is 0.731 bits per heavy atom. The lowest BCUT2D eigenvalue weighted by Crippen LogP contribution is -2.29. The van der Waals surface area contributed by atoms with E-state index in [4.69, 9.17) is 92.0 Å². The predicted octanol–water partition coefficient (Wildman–Crippen LogP) is 5.27. The molecule has 0 heterocycles. The summed E-state index contributed by atoms with van der Waals surface area (Å²) in [5.41, 5.74) is 40.5. The molecule has 0 atom stereocenters. The van der Waals surface area contributed by atoms with Crippen LogP contribution in [0.25, 0.3) is 0 Å². The third-order valence-corrected chi connectivity index (χ3v) is 19.0. The predicted molar refractivity (Wildman–Crippen MR) is 502 cm³/mol. The number of benzene rings is 7. The summed E-state index contributed by atoms with van der Waals surface area (Å²) >= 11 is 6.53. The number of aryl methyl sites for hydroxylation is 3. The summed E-state index contributed by atoms with van der Waals surface area (Å²) in [5, 5.41) is 95.3. The van der Waals surface area contributed by atoms with Crippen LogP contribution < -0.4 is 66.3 Å². The number of unbranched alkanes of at least 4 members (excludes halogenated alkanes) is 3. The first-order chi connectivity index (χ1) is 62.8. The van der Waals surface area contributed by atoms with E-state index in [2.05, 4.69) is 44.0 Å². The number of hydrogen-bond acceptors (Lipinski definition) is 27. The number of carbonyl (C=O) groups excluding carboxylic acids is 12. The van der Waals surface area contributed by atoms with Crippen LogP contribution in [0, 0.1) is 0 Å². The number of nitrogens with one attached hydrogen (secondary N) is 6. The highest BCUT2D eigenvalue weighted by atomic mass is 35.5. The molecule has 130 heavy (non-hydrogen) atoms. The topological polar surface area (TPSA) is 615 Å². The molecule has 0 bridgehead atoms. The van der Waals surface area contributed by atoms with Gasteiger partial charge in [0, 0.05) is 209 Å². The van der Waals surface area contributed by atoms with E-state index in [1.165, 1.54) is 48.0 Å². The van der Waals surface area contributed by atoms with Crippen LogP contribution >= 0.6 is 11.6 Å². The van der Waals surface area contributed by atoms with E-state index in [0.29, 0.717) is 155 Å². The number of halogens is 1. The van der Waals surface area contributed by atoms with Gasteiger partial charge >= 0.3 is 0 Å². The maximum absolute atomic E-state index is 12.2. The van der Waals surface area contributed by atoms with Gasteiger partial charge in [-0.05, 0) is 218 Å². The zero-order valence-electron chi connectivity index (χ0n) is 74.5. The van der Waals surface area contributed by atoms with Crippen LogP contribution in [0.3, 0.4) is 0 Å². The number of ketones is 6. The number of amides is 6. The van der Waals surface area contributed by atoms with E-state index >= 15 is 0 Å². The number of aliphatic hydroxyl groups excluding tert-OH is 9. The molecule has 27 N–H and O–H groups in total. The van der Waals surface area contributed by atoms with E-state index in [1.807, 2.05) is 24.3 Å². The van der Waals surface area contributed by atoms with Crippen molar-refractivity contribution in [3.05, 3.63) is 246 Å². The molecule has 0 aliphatic carbocycles. The molecule has 0 fully saturated rings. The average molecular weight is 1830 g/mol. The lowest BCUT2D eigenvalue weighted by Gasteiger charge is -2.13. The average Bonchev–Trinajstić information content (AvgIpc) is 0.469. The van der Waals surface area contributed by atoms with Gasteiger partial charge in [0.2, 0.25) is 0 Å². The van der Waals surface area contributed by atoms with Gasteiger partial charge in [-0.1, -0.05) is 84.4 Å². The minimum Gasteiger partial charge on any atom is -0.396 e. The van der Waals surface area contributed by atoms with Crippen LogP contribution in [-0.2, 0) is 19.3 Å². The summed E-state index contributed by atoms with van der Waals surface area (Å²) in [6.07, 6.45) is 12.2. The molecule has 7 aromatic rings. The highest BCUT2D eigenvalue weighted by Gasteiger charge is 2.20. The van der Waals surface area contributed by atoms with E-state index < -0.39 is 5.91 Å². The van der Waals surface area contributed by atoms with Crippen molar-refractivity contribution in [1.82, 2.24) is 31.9 Å². The van der Waals surface area contributed by atoms with Gasteiger partial charge in [0.15, 0.2) is 34.7 Å². The molecular weight excluding hydrogens is 1690 g/mol. The zero-order valence-corrected chi connectivity index (χ0v) is 75.2. The van der Waals surface area contributed by atoms with Crippen molar-refractivity contribution < 1.29 is 103 Å². The Labute approximate surface area is 766 Å². The van der Waals surface area contributed by atoms with E-state index in [-0.39, 0.29) is 191 Å². The van der Waals surface area contributed by atoms with Crippen LogP contribution in [0.5, 0.6) is 0 Å². The van der Waals surface area contributed by atoms with Crippen LogP contribution in [0.4, 0.5) is 0 Å². The molecule has 0 unspecified atom stereocenters. The van der Waals surface area contributed by atoms with Crippen LogP contribution in [0.1, 0.15) is 257 Å². The fraction of sp³-hybridized carbons (Fsp3) is 0.438. The molecule has 714 valence electrons. The molecule has 7 aromatic carbocycles. The van der Waals surface area contributed by atoms with E-state index in [1.54, 1.807) is 78.9 Å². The number of rotatable bonds is 54. The second-order valence-corrected chi connectivity index (χ2v) is 29.4. The third kappa shape index (κ3) is 50.9. The normalized spacial score (nSPS) is 10.3. The smallest absolute Gasteiger partial charge is 0.251 e. The molecule has 0 aromatic heterocycles. The van der Waals surface area contributed by atoms with Gasteiger partial charge in [-0.2, -0.15) is 0 Å². The summed E-state index contributed by atoms with van der Waals surface area (Å²) in [7, 11) is 0. The maximum Gasteiger partial charge on any atom is 0.251 e. The Kier molecular flexibility index (Phi) is 67.4. The lowest BCUT2D eigenvalue weighted by molar-refractivity contribution is 0.0934. The highest BCUT2D eigenvalue weighted by Crippen LogP contribution is 2.28. The summed E-state index contributed by atoms with van der Waals surface area (Å²) in [6.45, 7) is 4.32. The van der Waals surface area contributed by atoms with E-state index in [9.17, 15) is 57.5 Å². The Morgan fingerprint density at radius 2 is 0.454 bits per heavy atom. The van der Waals surface area contributed by atoms with Gasteiger partial charge in [0.1, 0.15) is 0 Å². The Morgan fingerprint density at radius 1 is 0.223 bits per heavy atom. The number of nitrogens with two attached hydrogens (primary N) is 6. The standard InChI is InChI=1S/C18H29ClO3.C17H26N4O3.C17H23NO6.C13H19N3O2.C13H17NO4.C9H12N2O.C9H11NO2/c19-18-16(8-2-5-11-21)13-15(7-1-4-10-20)14-17(18)9-3-6-12-22;18-5-1-3-15(22)12-9-13(16(23)4-2-6-19)11-14(10-12)17(24)21-8-7-20;19-6-1-3-15(22)12-9-13(16(23)4-2-7-20)11-14(10-12)17(24)18-5-8-21;14-6-2-5-12(17)10-3-1-4-11(9-10)13(18)16-8-7-15;15-7-2-5-12(17)10-3-1-4-11(9-10)13(18)14-6-8-16;10-6-7-11-9(12)8-4-2-1-3-5-8;11-7-6-10-9(12)8-4-2-1-3-5-8/h13-14,20-22H,1-12H2;9-11H,1-8,18-20H2,(H,21,24);9-11,19-21H,1-8H2,(H,18,24);1,3-4,9H,2,5-8,14-15H2,(H,16,18);1,3-4,9,15-16H,2,5-8H2,(H,14,18);1-5H,6-7,10H2,(H,11,12);1-5,11H,6-7H2,(H,10,12).